The lowest BCUT2D eigenvalue weighted by molar-refractivity contribution is 0.0600. The summed E-state index contributed by atoms with van der Waals surface area (Å²) in [4.78, 5) is 11.0. The number of methoxy groups -OCH3 is 1. The first-order chi connectivity index (χ1) is 8.15. The van der Waals surface area contributed by atoms with Gasteiger partial charge in [0, 0.05) is 6.04 Å². The molecule has 1 rings (SSSR count). The van der Waals surface area contributed by atoms with Gasteiger partial charge in [0.1, 0.15) is 0 Å². The van der Waals surface area contributed by atoms with Crippen LogP contribution in [0.25, 0.3) is 0 Å². The molecule has 0 saturated carbocycles. The molecule has 1 atom stereocenters. The van der Waals surface area contributed by atoms with E-state index in [0.29, 0.717) is 5.56 Å². The van der Waals surface area contributed by atoms with Gasteiger partial charge in [0.2, 0.25) is 0 Å². The molecule has 0 aliphatic heterocycles. The van der Waals surface area contributed by atoms with Gasteiger partial charge in [-0.05, 0) is 24.6 Å². The van der Waals surface area contributed by atoms with Crippen LogP contribution in [0.1, 0.15) is 28.9 Å². The molecule has 1 aromatic rings. The number of hydrogen-bond acceptors (Lipinski definition) is 5. The quantitative estimate of drug-likeness (QED) is 0.540. The molecule has 0 bridgehead atoms. The predicted molar refractivity (Wildman–Crippen MR) is 64.6 cm³/mol. The van der Waals surface area contributed by atoms with Crippen LogP contribution in [0.15, 0.2) is 24.3 Å². The third-order valence-corrected chi connectivity index (χ3v) is 1.86. The SMILES string of the molecule is COC(=O)c1ccc([C@H](C)N)cc1.O=S(=O)(O)O. The molecule has 0 fully saturated rings. The minimum atomic E-state index is -4.67. The number of ether oxygens (including phenoxy) is 1. The van der Waals surface area contributed by atoms with Gasteiger partial charge in [0.05, 0.1) is 12.7 Å². The van der Waals surface area contributed by atoms with Crippen molar-refractivity contribution in [3.05, 3.63) is 35.4 Å². The van der Waals surface area contributed by atoms with E-state index in [2.05, 4.69) is 4.74 Å². The fourth-order valence-corrected chi connectivity index (χ4v) is 1.04. The predicted octanol–water partition coefficient (Wildman–Crippen LogP) is 0.840. The Bertz CT molecular complexity index is 472. The van der Waals surface area contributed by atoms with Crippen LogP contribution in [-0.4, -0.2) is 30.6 Å². The van der Waals surface area contributed by atoms with Crippen LogP contribution in [0.2, 0.25) is 0 Å². The van der Waals surface area contributed by atoms with Crippen molar-refractivity contribution in [3.8, 4) is 0 Å². The molecule has 0 radical (unpaired) electrons. The van der Waals surface area contributed by atoms with Crippen molar-refractivity contribution in [1.29, 1.82) is 0 Å². The van der Waals surface area contributed by atoms with E-state index in [-0.39, 0.29) is 12.0 Å². The van der Waals surface area contributed by atoms with Crippen molar-refractivity contribution < 1.29 is 27.1 Å². The number of benzene rings is 1. The smallest absolute Gasteiger partial charge is 0.394 e. The molecule has 0 aromatic heterocycles. The molecular weight excluding hydrogens is 262 g/mol. The fourth-order valence-electron chi connectivity index (χ4n) is 1.04. The molecule has 0 aliphatic rings. The summed E-state index contributed by atoms with van der Waals surface area (Å²) < 4.78 is 36.1. The van der Waals surface area contributed by atoms with Gasteiger partial charge in [-0.2, -0.15) is 8.42 Å². The molecule has 0 saturated heterocycles. The Kier molecular flexibility index (Phi) is 6.48. The molecule has 0 unspecified atom stereocenters. The zero-order valence-corrected chi connectivity index (χ0v) is 10.7. The van der Waals surface area contributed by atoms with Crippen LogP contribution in [0, 0.1) is 0 Å². The minimum absolute atomic E-state index is 0.00769. The molecule has 7 nitrogen and oxygen atoms in total. The first-order valence-electron chi connectivity index (χ1n) is 4.79. The zero-order valence-electron chi connectivity index (χ0n) is 9.90. The van der Waals surface area contributed by atoms with Crippen molar-refractivity contribution in [3.63, 3.8) is 0 Å². The molecule has 18 heavy (non-hydrogen) atoms. The molecule has 0 amide bonds. The lowest BCUT2D eigenvalue weighted by Gasteiger charge is -2.05. The van der Waals surface area contributed by atoms with Gasteiger partial charge in [-0.1, -0.05) is 12.1 Å². The van der Waals surface area contributed by atoms with Crippen molar-refractivity contribution in [2.24, 2.45) is 5.73 Å². The first kappa shape index (κ1) is 16.5. The second-order valence-electron chi connectivity index (χ2n) is 3.35. The number of rotatable bonds is 2. The highest BCUT2D eigenvalue weighted by Crippen LogP contribution is 2.11. The Hall–Kier alpha value is -1.48. The van der Waals surface area contributed by atoms with E-state index in [9.17, 15) is 4.79 Å². The summed E-state index contributed by atoms with van der Waals surface area (Å²) in [5.41, 5.74) is 7.21. The van der Waals surface area contributed by atoms with Crippen molar-refractivity contribution in [1.82, 2.24) is 0 Å². The summed E-state index contributed by atoms with van der Waals surface area (Å²) in [6.07, 6.45) is 0. The molecule has 0 heterocycles. The average molecular weight is 277 g/mol. The van der Waals surface area contributed by atoms with E-state index in [0.717, 1.165) is 5.56 Å². The summed E-state index contributed by atoms with van der Waals surface area (Å²) in [6, 6.07) is 7.08. The Morgan fingerprint density at radius 3 is 1.94 bits per heavy atom. The molecular formula is C10H15NO6S. The van der Waals surface area contributed by atoms with Crippen LogP contribution >= 0.6 is 0 Å². The zero-order chi connectivity index (χ0) is 14.3. The second-order valence-corrected chi connectivity index (χ2v) is 4.25. The summed E-state index contributed by atoms with van der Waals surface area (Å²) in [6.45, 7) is 1.90. The molecule has 4 N–H and O–H groups in total. The monoisotopic (exact) mass is 277 g/mol. The Labute approximate surface area is 105 Å². The highest BCUT2D eigenvalue weighted by molar-refractivity contribution is 7.79. The molecule has 0 spiro atoms. The van der Waals surface area contributed by atoms with Gasteiger partial charge in [0.15, 0.2) is 0 Å². The van der Waals surface area contributed by atoms with Gasteiger partial charge < -0.3 is 10.5 Å². The van der Waals surface area contributed by atoms with Crippen LogP contribution in [0.5, 0.6) is 0 Å². The highest BCUT2D eigenvalue weighted by Gasteiger charge is 2.05. The number of carbonyl (C=O) groups is 1. The largest absolute Gasteiger partial charge is 0.465 e. The summed E-state index contributed by atoms with van der Waals surface area (Å²) in [7, 11) is -3.30. The highest BCUT2D eigenvalue weighted by atomic mass is 32.3. The van der Waals surface area contributed by atoms with Crippen LogP contribution in [0.3, 0.4) is 0 Å². The van der Waals surface area contributed by atoms with Crippen molar-refractivity contribution in [2.75, 3.05) is 7.11 Å². The second kappa shape index (κ2) is 7.07. The van der Waals surface area contributed by atoms with E-state index in [1.165, 1.54) is 7.11 Å². The number of nitrogens with two attached hydrogens (primary N) is 1. The van der Waals surface area contributed by atoms with E-state index in [4.69, 9.17) is 23.3 Å². The average Bonchev–Trinajstić information content (AvgIpc) is 2.26. The maximum absolute atomic E-state index is 11.0. The van der Waals surface area contributed by atoms with Gasteiger partial charge in [-0.15, -0.1) is 0 Å². The molecule has 102 valence electrons. The van der Waals surface area contributed by atoms with Gasteiger partial charge in [-0.25, -0.2) is 4.79 Å². The van der Waals surface area contributed by atoms with Gasteiger partial charge in [-0.3, -0.25) is 9.11 Å². The minimum Gasteiger partial charge on any atom is -0.465 e. The van der Waals surface area contributed by atoms with Crippen LogP contribution in [-0.2, 0) is 15.1 Å². The Morgan fingerprint density at radius 1 is 1.28 bits per heavy atom. The number of hydrogen-bond donors (Lipinski definition) is 3. The third kappa shape index (κ3) is 7.74. The summed E-state index contributed by atoms with van der Waals surface area (Å²) in [5.74, 6) is -0.323. The Balaban J connectivity index is 0.000000494. The van der Waals surface area contributed by atoms with Crippen LogP contribution < -0.4 is 5.73 Å². The van der Waals surface area contributed by atoms with Gasteiger partial charge >= 0.3 is 16.4 Å². The standard InChI is InChI=1S/C10H13NO2.H2O4S/c1-7(11)8-3-5-9(6-4-8)10(12)13-2;1-5(2,3)4/h3-7H,11H2,1-2H3;(H2,1,2,3,4)/t7-;/m0./s1. The Morgan fingerprint density at radius 2 is 1.67 bits per heavy atom. The molecule has 8 heteroatoms. The van der Waals surface area contributed by atoms with E-state index in [1.807, 2.05) is 19.1 Å². The summed E-state index contributed by atoms with van der Waals surface area (Å²) >= 11 is 0. The van der Waals surface area contributed by atoms with Crippen molar-refractivity contribution in [2.45, 2.75) is 13.0 Å². The first-order valence-corrected chi connectivity index (χ1v) is 6.18. The third-order valence-electron chi connectivity index (χ3n) is 1.86. The molecule has 1 aromatic carbocycles. The lowest BCUT2D eigenvalue weighted by atomic mass is 10.1. The number of esters is 1. The normalized spacial score (nSPS) is 12.1. The van der Waals surface area contributed by atoms with Crippen molar-refractivity contribution >= 4 is 16.4 Å². The van der Waals surface area contributed by atoms with E-state index in [1.54, 1.807) is 12.1 Å². The van der Waals surface area contributed by atoms with Crippen LogP contribution in [0.4, 0.5) is 0 Å². The van der Waals surface area contributed by atoms with E-state index >= 15 is 0 Å². The fraction of sp³-hybridized carbons (Fsp3) is 0.300. The lowest BCUT2D eigenvalue weighted by Crippen LogP contribution is -2.06. The topological polar surface area (TPSA) is 127 Å². The summed E-state index contributed by atoms with van der Waals surface area (Å²) in [5, 5.41) is 0. The van der Waals surface area contributed by atoms with E-state index < -0.39 is 10.4 Å². The maximum Gasteiger partial charge on any atom is 0.394 e. The number of carbonyl (C=O) groups excluding carboxylic acids is 1. The maximum atomic E-state index is 11.0. The van der Waals surface area contributed by atoms with Gasteiger partial charge in [0.25, 0.3) is 0 Å². The molecule has 0 aliphatic carbocycles.